The van der Waals surface area contributed by atoms with Crippen molar-refractivity contribution in [1.29, 1.82) is 0 Å². The molecule has 1 fully saturated rings. The number of hydrogen-bond donors (Lipinski definition) is 2. The minimum absolute atomic E-state index is 0.00606. The molecule has 1 aliphatic rings. The van der Waals surface area contributed by atoms with Gasteiger partial charge in [-0.25, -0.2) is 4.39 Å². The highest BCUT2D eigenvalue weighted by molar-refractivity contribution is 6.03. The molecule has 3 N–H and O–H groups in total. The number of alkyl halides is 6. The van der Waals surface area contributed by atoms with E-state index in [1.807, 2.05) is 0 Å². The second-order valence-corrected chi connectivity index (χ2v) is 11.8. The Balaban J connectivity index is 1.82. The number of nitrogens with two attached hydrogens (primary N) is 1. The first-order valence-corrected chi connectivity index (χ1v) is 13.6. The van der Waals surface area contributed by atoms with E-state index < -0.39 is 63.7 Å². The van der Waals surface area contributed by atoms with Crippen molar-refractivity contribution in [3.05, 3.63) is 82.4 Å². The minimum Gasteiger partial charge on any atom is -0.368 e. The molecular weight excluding hydrogens is 593 g/mol. The maximum atomic E-state index is 14.0. The molecule has 4 rings (SSSR count). The molecule has 44 heavy (non-hydrogen) atoms. The smallest absolute Gasteiger partial charge is 0.368 e. The molecule has 0 saturated carbocycles. The molecule has 13 heteroatoms. The summed E-state index contributed by atoms with van der Waals surface area (Å²) in [5, 5.41) is 3.18. The van der Waals surface area contributed by atoms with Crippen molar-refractivity contribution in [2.45, 2.75) is 69.9 Å². The van der Waals surface area contributed by atoms with Crippen molar-refractivity contribution in [3.8, 4) is 11.1 Å². The maximum absolute atomic E-state index is 14.0. The zero-order valence-corrected chi connectivity index (χ0v) is 24.5. The first-order valence-electron chi connectivity index (χ1n) is 13.6. The summed E-state index contributed by atoms with van der Waals surface area (Å²) in [6.45, 7) is 5.78. The fourth-order valence-corrected chi connectivity index (χ4v) is 5.41. The number of nitrogens with one attached hydrogen (secondary N) is 1. The minimum atomic E-state index is -5.09. The van der Waals surface area contributed by atoms with Gasteiger partial charge < -0.3 is 10.6 Å². The number of aromatic nitrogens is 1. The van der Waals surface area contributed by atoms with Crippen LogP contribution in [0.2, 0.25) is 0 Å². The number of primary amides is 1. The van der Waals surface area contributed by atoms with Gasteiger partial charge in [-0.05, 0) is 93.6 Å². The van der Waals surface area contributed by atoms with Gasteiger partial charge in [-0.3, -0.25) is 19.9 Å². The van der Waals surface area contributed by atoms with Gasteiger partial charge >= 0.3 is 12.4 Å². The summed E-state index contributed by atoms with van der Waals surface area (Å²) in [6.07, 6.45) is -7.88. The molecule has 0 bridgehead atoms. The average Bonchev–Trinajstić information content (AvgIpc) is 3.34. The Bertz CT molecular complexity index is 1590. The van der Waals surface area contributed by atoms with E-state index in [9.17, 15) is 40.3 Å². The third-order valence-corrected chi connectivity index (χ3v) is 8.22. The largest absolute Gasteiger partial charge is 0.416 e. The second kappa shape index (κ2) is 11.2. The van der Waals surface area contributed by atoms with Gasteiger partial charge in [0, 0.05) is 12.6 Å². The number of pyridine rings is 1. The van der Waals surface area contributed by atoms with Crippen LogP contribution in [-0.2, 0) is 27.4 Å². The Labute approximate surface area is 249 Å². The van der Waals surface area contributed by atoms with Crippen LogP contribution >= 0.6 is 0 Å². The summed E-state index contributed by atoms with van der Waals surface area (Å²) in [6, 6.07) is 6.33. The average molecular weight is 625 g/mol. The second-order valence-electron chi connectivity index (χ2n) is 11.8. The number of anilines is 1. The molecule has 0 aliphatic carbocycles. The van der Waals surface area contributed by atoms with E-state index in [4.69, 9.17) is 5.73 Å². The number of hydrogen-bond acceptors (Lipinski definition) is 4. The first kappa shape index (κ1) is 32.9. The predicted molar refractivity (Wildman–Crippen MR) is 150 cm³/mol. The van der Waals surface area contributed by atoms with Crippen LogP contribution in [0.15, 0.2) is 48.7 Å². The number of carbonyl (C=O) groups excluding carboxylic acids is 2. The summed E-state index contributed by atoms with van der Waals surface area (Å²) < 4.78 is 95.5. The van der Waals surface area contributed by atoms with E-state index in [0.717, 1.165) is 4.90 Å². The monoisotopic (exact) mass is 624 g/mol. The summed E-state index contributed by atoms with van der Waals surface area (Å²) >= 11 is 0. The van der Waals surface area contributed by atoms with Crippen molar-refractivity contribution < 1.29 is 40.3 Å². The molecule has 0 radical (unpaired) electrons. The molecule has 3 aromatic rings. The molecule has 236 valence electrons. The normalized spacial score (nSPS) is 19.2. The van der Waals surface area contributed by atoms with Crippen molar-refractivity contribution in [1.82, 2.24) is 10.3 Å². The fraction of sp³-hybridized carbons (Fsp3) is 0.387. The van der Waals surface area contributed by atoms with Crippen LogP contribution in [0.1, 0.15) is 67.6 Å². The Morgan fingerprint density at radius 2 is 1.52 bits per heavy atom. The predicted octanol–water partition coefficient (Wildman–Crippen LogP) is 6.84. The van der Waals surface area contributed by atoms with Gasteiger partial charge in [-0.15, -0.1) is 0 Å². The van der Waals surface area contributed by atoms with Crippen LogP contribution in [0, 0.1) is 12.7 Å². The van der Waals surface area contributed by atoms with Crippen LogP contribution in [0.25, 0.3) is 11.1 Å². The lowest BCUT2D eigenvalue weighted by Crippen LogP contribution is -2.49. The van der Waals surface area contributed by atoms with Crippen molar-refractivity contribution >= 4 is 17.5 Å². The number of aryl methyl sites for hydroxylation is 1. The maximum Gasteiger partial charge on any atom is 0.416 e. The molecule has 2 atom stereocenters. The molecular formula is C31H31F7N4O2. The molecule has 6 nitrogen and oxygen atoms in total. The van der Waals surface area contributed by atoms with Crippen LogP contribution in [0.5, 0.6) is 0 Å². The lowest BCUT2D eigenvalue weighted by atomic mass is 9.81. The summed E-state index contributed by atoms with van der Waals surface area (Å²) in [7, 11) is 1.33. The molecule has 1 aromatic heterocycles. The number of nitrogens with zero attached hydrogens (tertiary/aromatic N) is 2. The van der Waals surface area contributed by atoms with E-state index in [2.05, 4.69) is 10.3 Å². The number of halogens is 7. The van der Waals surface area contributed by atoms with E-state index in [1.54, 1.807) is 19.9 Å². The third kappa shape index (κ3) is 6.28. The topological polar surface area (TPSA) is 88.3 Å². The summed E-state index contributed by atoms with van der Waals surface area (Å²) in [5.74, 6) is -1.87. The Kier molecular flexibility index (Phi) is 8.35. The number of amides is 2. The molecule has 1 saturated heterocycles. The van der Waals surface area contributed by atoms with Gasteiger partial charge in [0.05, 0.1) is 45.7 Å². The van der Waals surface area contributed by atoms with Gasteiger partial charge in [-0.1, -0.05) is 6.07 Å². The van der Waals surface area contributed by atoms with Gasteiger partial charge in [0.25, 0.3) is 0 Å². The highest BCUT2D eigenvalue weighted by Crippen LogP contribution is 2.42. The van der Waals surface area contributed by atoms with Crippen molar-refractivity contribution in [2.75, 3.05) is 11.9 Å². The first-order chi connectivity index (χ1) is 20.1. The van der Waals surface area contributed by atoms with Gasteiger partial charge in [0.2, 0.25) is 11.8 Å². The zero-order chi connectivity index (χ0) is 33.0. The molecule has 2 aromatic carbocycles. The van der Waals surface area contributed by atoms with Crippen molar-refractivity contribution in [3.63, 3.8) is 0 Å². The SMILES string of the molecule is Cc1cc(F)ccc1-c1cc(C2CC[C@@](C)(C(N)=O)N2)ncc1N(C)C(=O)C(C)(C)c1cc(C(F)(F)F)cc(C(F)(F)F)c1. The number of rotatable bonds is 6. The Hall–Kier alpha value is -4.00. The van der Waals surface area contributed by atoms with E-state index in [1.165, 1.54) is 45.3 Å². The van der Waals surface area contributed by atoms with Crippen LogP contribution in [-0.4, -0.2) is 29.4 Å². The van der Waals surface area contributed by atoms with E-state index in [0.29, 0.717) is 47.4 Å². The third-order valence-electron chi connectivity index (χ3n) is 8.22. The highest BCUT2D eigenvalue weighted by atomic mass is 19.4. The van der Waals surface area contributed by atoms with E-state index >= 15 is 0 Å². The Morgan fingerprint density at radius 3 is 2.02 bits per heavy atom. The number of carbonyl (C=O) groups is 2. The molecule has 1 unspecified atom stereocenters. The van der Waals surface area contributed by atoms with Gasteiger partial charge in [-0.2, -0.15) is 26.3 Å². The zero-order valence-electron chi connectivity index (χ0n) is 24.5. The van der Waals surface area contributed by atoms with Gasteiger partial charge in [0.1, 0.15) is 5.82 Å². The standard InChI is InChI=1S/C31H31F7N4O2/c1-16-10-20(32)6-7-21(16)22-14-24(23-8-9-29(4,41-23)26(39)43)40-15-25(22)42(5)27(44)28(2,3)17-11-18(30(33,34)35)13-19(12-17)31(36,37)38/h6-7,10-15,23,41H,8-9H2,1-5H3,(H2,39,43)/t23?,29-/m0/s1. The Morgan fingerprint density at radius 1 is 0.955 bits per heavy atom. The van der Waals surface area contributed by atoms with Crippen molar-refractivity contribution in [2.24, 2.45) is 5.73 Å². The lowest BCUT2D eigenvalue weighted by molar-refractivity contribution is -0.143. The van der Waals surface area contributed by atoms with Crippen LogP contribution in [0.4, 0.5) is 36.4 Å². The summed E-state index contributed by atoms with van der Waals surface area (Å²) in [4.78, 5) is 31.5. The van der Waals surface area contributed by atoms with Crippen LogP contribution < -0.4 is 16.0 Å². The molecule has 2 amide bonds. The lowest BCUT2D eigenvalue weighted by Gasteiger charge is -2.32. The van der Waals surface area contributed by atoms with Gasteiger partial charge in [0.15, 0.2) is 0 Å². The van der Waals surface area contributed by atoms with E-state index in [-0.39, 0.29) is 11.8 Å². The van der Waals surface area contributed by atoms with Crippen LogP contribution in [0.3, 0.4) is 0 Å². The number of likely N-dealkylation sites (N-methyl/N-ethyl adjacent to an activating group) is 1. The molecule has 2 heterocycles. The molecule has 0 spiro atoms. The summed E-state index contributed by atoms with van der Waals surface area (Å²) in [5.41, 5.74) is 1.25. The highest BCUT2D eigenvalue weighted by Gasteiger charge is 2.42. The fourth-order valence-electron chi connectivity index (χ4n) is 5.41. The molecule has 1 aliphatic heterocycles. The quantitative estimate of drug-likeness (QED) is 0.294. The number of benzene rings is 2.